The largest absolute Gasteiger partial charge is 0.387 e. The summed E-state index contributed by atoms with van der Waals surface area (Å²) < 4.78 is 0. The van der Waals surface area contributed by atoms with Gasteiger partial charge in [-0.05, 0) is 29.9 Å². The van der Waals surface area contributed by atoms with Gasteiger partial charge >= 0.3 is 0 Å². The van der Waals surface area contributed by atoms with Crippen LogP contribution in [0, 0.1) is 5.92 Å². The van der Waals surface area contributed by atoms with E-state index in [2.05, 4.69) is 19.2 Å². The fourth-order valence-corrected chi connectivity index (χ4v) is 3.04. The van der Waals surface area contributed by atoms with E-state index < -0.39 is 6.10 Å². The van der Waals surface area contributed by atoms with Crippen molar-refractivity contribution in [1.29, 1.82) is 0 Å². The molecule has 0 spiro atoms. The SMILES string of the molecule is CC(=O)N1CCCC(C(=O)NCC(O)c2ccc(C(C)C)cc2)C1. The number of nitrogens with zero attached hydrogens (tertiary/aromatic N) is 1. The molecule has 0 saturated carbocycles. The van der Waals surface area contributed by atoms with Crippen molar-refractivity contribution < 1.29 is 14.7 Å². The molecule has 1 fully saturated rings. The summed E-state index contributed by atoms with van der Waals surface area (Å²) in [6.45, 7) is 7.17. The first-order chi connectivity index (χ1) is 11.4. The molecule has 2 atom stereocenters. The molecule has 5 nitrogen and oxygen atoms in total. The summed E-state index contributed by atoms with van der Waals surface area (Å²) >= 11 is 0. The third kappa shape index (κ3) is 4.81. The molecule has 2 amide bonds. The normalized spacial score (nSPS) is 19.2. The van der Waals surface area contributed by atoms with Crippen LogP contribution in [-0.2, 0) is 9.59 Å². The minimum atomic E-state index is -0.720. The first-order valence-corrected chi connectivity index (χ1v) is 8.69. The van der Waals surface area contributed by atoms with Crippen molar-refractivity contribution in [3.05, 3.63) is 35.4 Å². The molecule has 0 bridgehead atoms. The Kier molecular flexibility index (Phi) is 6.37. The standard InChI is InChI=1S/C19H28N2O3/c1-13(2)15-6-8-16(9-7-15)18(23)11-20-19(24)17-5-4-10-21(12-17)14(3)22/h6-9,13,17-18,23H,4-5,10-12H2,1-3H3,(H,20,24). The number of carbonyl (C=O) groups excluding carboxylic acids is 2. The maximum atomic E-state index is 12.3. The van der Waals surface area contributed by atoms with Crippen LogP contribution < -0.4 is 5.32 Å². The predicted octanol–water partition coefficient (Wildman–Crippen LogP) is 2.22. The Balaban J connectivity index is 1.85. The van der Waals surface area contributed by atoms with E-state index in [4.69, 9.17) is 0 Å². The lowest BCUT2D eigenvalue weighted by molar-refractivity contribution is -0.134. The average molecular weight is 332 g/mol. The number of aliphatic hydroxyl groups excluding tert-OH is 1. The van der Waals surface area contributed by atoms with Gasteiger partial charge in [-0.3, -0.25) is 9.59 Å². The number of hydrogen-bond donors (Lipinski definition) is 2. The van der Waals surface area contributed by atoms with Crippen LogP contribution >= 0.6 is 0 Å². The summed E-state index contributed by atoms with van der Waals surface area (Å²) in [5.41, 5.74) is 2.02. The third-order valence-corrected chi connectivity index (χ3v) is 4.70. The van der Waals surface area contributed by atoms with Crippen LogP contribution in [0.4, 0.5) is 0 Å². The summed E-state index contributed by atoms with van der Waals surface area (Å²) in [6, 6.07) is 7.84. The first-order valence-electron chi connectivity index (χ1n) is 8.69. The van der Waals surface area contributed by atoms with Crippen molar-refractivity contribution in [3.63, 3.8) is 0 Å². The van der Waals surface area contributed by atoms with E-state index in [1.807, 2.05) is 24.3 Å². The molecule has 132 valence electrons. The Hall–Kier alpha value is -1.88. The Bertz CT molecular complexity index is 568. The topological polar surface area (TPSA) is 69.6 Å². The lowest BCUT2D eigenvalue weighted by Crippen LogP contribution is -2.45. The number of benzene rings is 1. The van der Waals surface area contributed by atoms with Crippen LogP contribution in [0.25, 0.3) is 0 Å². The predicted molar refractivity (Wildman–Crippen MR) is 93.5 cm³/mol. The number of carbonyl (C=O) groups is 2. The molecule has 0 aliphatic carbocycles. The van der Waals surface area contributed by atoms with Crippen LogP contribution in [0.3, 0.4) is 0 Å². The summed E-state index contributed by atoms with van der Waals surface area (Å²) in [5, 5.41) is 13.1. The highest BCUT2D eigenvalue weighted by molar-refractivity contribution is 5.80. The maximum absolute atomic E-state index is 12.3. The summed E-state index contributed by atoms with van der Waals surface area (Å²) in [7, 11) is 0. The van der Waals surface area contributed by atoms with E-state index in [1.54, 1.807) is 4.90 Å². The Morgan fingerprint density at radius 2 is 1.88 bits per heavy atom. The van der Waals surface area contributed by atoms with Gasteiger partial charge in [-0.1, -0.05) is 38.1 Å². The molecule has 1 heterocycles. The summed E-state index contributed by atoms with van der Waals surface area (Å²) in [5.74, 6) is 0.196. The van der Waals surface area contributed by atoms with Crippen molar-refractivity contribution in [1.82, 2.24) is 10.2 Å². The van der Waals surface area contributed by atoms with Gasteiger partial charge in [0.15, 0.2) is 0 Å². The Morgan fingerprint density at radius 3 is 2.46 bits per heavy atom. The fraction of sp³-hybridized carbons (Fsp3) is 0.579. The highest BCUT2D eigenvalue weighted by Crippen LogP contribution is 2.19. The number of hydrogen-bond acceptors (Lipinski definition) is 3. The van der Waals surface area contributed by atoms with E-state index in [0.717, 1.165) is 24.9 Å². The van der Waals surface area contributed by atoms with Crippen molar-refractivity contribution in [2.45, 2.75) is 45.6 Å². The molecule has 1 saturated heterocycles. The van der Waals surface area contributed by atoms with Crippen LogP contribution in [0.5, 0.6) is 0 Å². The van der Waals surface area contributed by atoms with Crippen molar-refractivity contribution in [2.24, 2.45) is 5.92 Å². The van der Waals surface area contributed by atoms with E-state index in [9.17, 15) is 14.7 Å². The number of nitrogens with one attached hydrogen (secondary N) is 1. The van der Waals surface area contributed by atoms with Crippen molar-refractivity contribution >= 4 is 11.8 Å². The maximum Gasteiger partial charge on any atom is 0.225 e. The van der Waals surface area contributed by atoms with Gasteiger partial charge in [0.2, 0.25) is 11.8 Å². The van der Waals surface area contributed by atoms with Crippen molar-refractivity contribution in [2.75, 3.05) is 19.6 Å². The number of rotatable bonds is 5. The third-order valence-electron chi connectivity index (χ3n) is 4.70. The second-order valence-electron chi connectivity index (χ2n) is 6.89. The van der Waals surface area contributed by atoms with Crippen LogP contribution in [0.2, 0.25) is 0 Å². The number of piperidine rings is 1. The van der Waals surface area contributed by atoms with Gasteiger partial charge < -0.3 is 15.3 Å². The van der Waals surface area contributed by atoms with Gasteiger partial charge in [-0.25, -0.2) is 0 Å². The van der Waals surface area contributed by atoms with E-state index in [1.165, 1.54) is 12.5 Å². The molecule has 0 radical (unpaired) electrons. The molecule has 2 rings (SSSR count). The highest BCUT2D eigenvalue weighted by atomic mass is 16.3. The number of aliphatic hydroxyl groups is 1. The van der Waals surface area contributed by atoms with E-state index >= 15 is 0 Å². The molecule has 1 aliphatic rings. The van der Waals surface area contributed by atoms with Gasteiger partial charge in [0.1, 0.15) is 0 Å². The smallest absolute Gasteiger partial charge is 0.225 e. The molecule has 5 heteroatoms. The quantitative estimate of drug-likeness (QED) is 0.868. The zero-order valence-electron chi connectivity index (χ0n) is 14.8. The molecule has 1 aromatic rings. The zero-order valence-corrected chi connectivity index (χ0v) is 14.8. The van der Waals surface area contributed by atoms with Gasteiger partial charge in [0, 0.05) is 26.6 Å². The molecular weight excluding hydrogens is 304 g/mol. The monoisotopic (exact) mass is 332 g/mol. The second-order valence-corrected chi connectivity index (χ2v) is 6.89. The lowest BCUT2D eigenvalue weighted by Gasteiger charge is -2.31. The minimum absolute atomic E-state index is 0.0118. The molecule has 2 N–H and O–H groups in total. The van der Waals surface area contributed by atoms with Gasteiger partial charge in [-0.2, -0.15) is 0 Å². The highest BCUT2D eigenvalue weighted by Gasteiger charge is 2.27. The molecule has 24 heavy (non-hydrogen) atoms. The minimum Gasteiger partial charge on any atom is -0.387 e. The Labute approximate surface area is 144 Å². The van der Waals surface area contributed by atoms with Crippen LogP contribution in [-0.4, -0.2) is 41.5 Å². The van der Waals surface area contributed by atoms with Gasteiger partial charge in [-0.15, -0.1) is 0 Å². The van der Waals surface area contributed by atoms with E-state index in [-0.39, 0.29) is 24.3 Å². The van der Waals surface area contributed by atoms with Gasteiger partial charge in [0.25, 0.3) is 0 Å². The molecule has 0 aromatic heterocycles. The lowest BCUT2D eigenvalue weighted by atomic mass is 9.96. The second kappa shape index (κ2) is 8.29. The Morgan fingerprint density at radius 1 is 1.25 bits per heavy atom. The summed E-state index contributed by atoms with van der Waals surface area (Å²) in [6.07, 6.45) is 0.911. The van der Waals surface area contributed by atoms with E-state index in [0.29, 0.717) is 12.5 Å². The molecule has 2 unspecified atom stereocenters. The summed E-state index contributed by atoms with van der Waals surface area (Å²) in [4.78, 5) is 25.4. The van der Waals surface area contributed by atoms with Crippen LogP contribution in [0.1, 0.15) is 56.8 Å². The number of amides is 2. The first kappa shape index (κ1) is 18.5. The molecule has 1 aromatic carbocycles. The number of likely N-dealkylation sites (tertiary alicyclic amines) is 1. The average Bonchev–Trinajstić information content (AvgIpc) is 2.59. The fourth-order valence-electron chi connectivity index (χ4n) is 3.04. The van der Waals surface area contributed by atoms with Crippen molar-refractivity contribution in [3.8, 4) is 0 Å². The van der Waals surface area contributed by atoms with Gasteiger partial charge in [0.05, 0.1) is 12.0 Å². The zero-order chi connectivity index (χ0) is 17.7. The molecular formula is C19H28N2O3. The van der Waals surface area contributed by atoms with Crippen LogP contribution in [0.15, 0.2) is 24.3 Å². The molecule has 1 aliphatic heterocycles.